The molecular weight excluding hydrogens is 316 g/mol. The zero-order chi connectivity index (χ0) is 14.7. The predicted molar refractivity (Wildman–Crippen MR) is 84.4 cm³/mol. The van der Waals surface area contributed by atoms with Crippen LogP contribution in [0.2, 0.25) is 0 Å². The highest BCUT2D eigenvalue weighted by molar-refractivity contribution is 9.10. The molecule has 0 fully saturated rings. The van der Waals surface area contributed by atoms with Crippen LogP contribution in [0, 0.1) is 6.92 Å². The summed E-state index contributed by atoms with van der Waals surface area (Å²) in [5, 5.41) is 0. The second kappa shape index (κ2) is 6.23. The van der Waals surface area contributed by atoms with Crippen LogP contribution >= 0.6 is 15.9 Å². The average molecular weight is 333 g/mol. The first-order valence-corrected chi connectivity index (χ1v) is 7.35. The Morgan fingerprint density at radius 1 is 1.10 bits per heavy atom. The molecule has 0 atom stereocenters. The molecule has 3 heteroatoms. The second-order valence-electron chi connectivity index (χ2n) is 5.09. The fourth-order valence-electron chi connectivity index (χ4n) is 1.95. The molecule has 0 saturated heterocycles. The Bertz CT molecular complexity index is 615. The van der Waals surface area contributed by atoms with Crippen molar-refractivity contribution in [1.82, 2.24) is 0 Å². The molecule has 2 aromatic rings. The van der Waals surface area contributed by atoms with Crippen LogP contribution in [-0.2, 0) is 0 Å². The highest BCUT2D eigenvalue weighted by Crippen LogP contribution is 2.28. The van der Waals surface area contributed by atoms with Crippen LogP contribution in [0.4, 0.5) is 0 Å². The van der Waals surface area contributed by atoms with Crippen molar-refractivity contribution >= 4 is 21.9 Å². The van der Waals surface area contributed by atoms with Crippen molar-refractivity contribution in [3.05, 3.63) is 63.6 Å². The lowest BCUT2D eigenvalue weighted by atomic mass is 10.0. The summed E-state index contributed by atoms with van der Waals surface area (Å²) in [6.07, 6.45) is 0. The summed E-state index contributed by atoms with van der Waals surface area (Å²) in [4.78, 5) is 12.2. The molecular formula is C17H17BrO2. The Balaban J connectivity index is 2.27. The Hall–Kier alpha value is -1.61. The number of hydrogen-bond acceptors (Lipinski definition) is 2. The highest BCUT2D eigenvalue weighted by Gasteiger charge is 2.13. The number of carbonyl (C=O) groups is 1. The van der Waals surface area contributed by atoms with Crippen LogP contribution in [0.3, 0.4) is 0 Å². The van der Waals surface area contributed by atoms with Crippen molar-refractivity contribution in [2.24, 2.45) is 0 Å². The summed E-state index contributed by atoms with van der Waals surface area (Å²) in [5.74, 6) is 0.626. The maximum absolute atomic E-state index is 12.2. The monoisotopic (exact) mass is 332 g/mol. The standard InChI is InChI=1S/C17H17BrO2/c1-11(2)15-9-4-12(3)10-16(15)20-17(19)13-5-7-14(18)8-6-13/h4-11H,1-3H3. The fourth-order valence-corrected chi connectivity index (χ4v) is 2.22. The minimum atomic E-state index is -0.329. The number of rotatable bonds is 3. The fraction of sp³-hybridized carbons (Fsp3) is 0.235. The van der Waals surface area contributed by atoms with E-state index in [1.807, 2.05) is 37.3 Å². The van der Waals surface area contributed by atoms with Crippen LogP contribution in [0.15, 0.2) is 46.9 Å². The molecule has 0 unspecified atom stereocenters. The van der Waals surface area contributed by atoms with Crippen molar-refractivity contribution in [2.45, 2.75) is 26.7 Å². The first kappa shape index (κ1) is 14.8. The molecule has 0 aromatic heterocycles. The molecule has 2 aromatic carbocycles. The van der Waals surface area contributed by atoms with Crippen LogP contribution in [0.25, 0.3) is 0 Å². The van der Waals surface area contributed by atoms with Gasteiger partial charge in [0, 0.05) is 4.47 Å². The summed E-state index contributed by atoms with van der Waals surface area (Å²) in [7, 11) is 0. The van der Waals surface area contributed by atoms with E-state index in [1.54, 1.807) is 12.1 Å². The first-order valence-electron chi connectivity index (χ1n) is 6.55. The third kappa shape index (κ3) is 3.48. The van der Waals surface area contributed by atoms with Gasteiger partial charge in [-0.15, -0.1) is 0 Å². The quantitative estimate of drug-likeness (QED) is 0.577. The van der Waals surface area contributed by atoms with E-state index in [-0.39, 0.29) is 5.97 Å². The summed E-state index contributed by atoms with van der Waals surface area (Å²) < 4.78 is 6.50. The van der Waals surface area contributed by atoms with Gasteiger partial charge in [0.25, 0.3) is 0 Å². The van der Waals surface area contributed by atoms with Gasteiger partial charge in [0.05, 0.1) is 5.56 Å². The van der Waals surface area contributed by atoms with Gasteiger partial charge >= 0.3 is 5.97 Å². The van der Waals surface area contributed by atoms with E-state index in [2.05, 4.69) is 29.8 Å². The largest absolute Gasteiger partial charge is 0.423 e. The maximum atomic E-state index is 12.2. The lowest BCUT2D eigenvalue weighted by Gasteiger charge is -2.13. The molecule has 0 spiro atoms. The number of halogens is 1. The second-order valence-corrected chi connectivity index (χ2v) is 6.01. The van der Waals surface area contributed by atoms with Crippen molar-refractivity contribution in [3.8, 4) is 5.75 Å². The Kier molecular flexibility index (Phi) is 4.61. The van der Waals surface area contributed by atoms with Gasteiger partial charge in [-0.3, -0.25) is 0 Å². The van der Waals surface area contributed by atoms with Crippen LogP contribution in [0.5, 0.6) is 5.75 Å². The molecule has 0 heterocycles. The van der Waals surface area contributed by atoms with Gasteiger partial charge in [0.2, 0.25) is 0 Å². The Morgan fingerprint density at radius 3 is 2.35 bits per heavy atom. The van der Waals surface area contributed by atoms with Gasteiger partial charge in [-0.2, -0.15) is 0 Å². The number of benzene rings is 2. The van der Waals surface area contributed by atoms with E-state index in [4.69, 9.17) is 4.74 Å². The van der Waals surface area contributed by atoms with Crippen molar-refractivity contribution < 1.29 is 9.53 Å². The van der Waals surface area contributed by atoms with Crippen molar-refractivity contribution in [3.63, 3.8) is 0 Å². The molecule has 0 saturated carbocycles. The molecule has 0 aliphatic carbocycles. The Morgan fingerprint density at radius 2 is 1.75 bits per heavy atom. The van der Waals surface area contributed by atoms with Crippen molar-refractivity contribution in [1.29, 1.82) is 0 Å². The number of aryl methyl sites for hydroxylation is 1. The third-order valence-corrected chi connectivity index (χ3v) is 3.60. The minimum absolute atomic E-state index is 0.309. The highest BCUT2D eigenvalue weighted by atomic mass is 79.9. The molecule has 0 radical (unpaired) electrons. The summed E-state index contributed by atoms with van der Waals surface area (Å²) in [5.41, 5.74) is 2.67. The van der Waals surface area contributed by atoms with E-state index < -0.39 is 0 Å². The molecule has 104 valence electrons. The van der Waals surface area contributed by atoms with E-state index >= 15 is 0 Å². The average Bonchev–Trinajstić information content (AvgIpc) is 2.39. The summed E-state index contributed by atoms with van der Waals surface area (Å²) >= 11 is 3.35. The van der Waals surface area contributed by atoms with Gasteiger partial charge < -0.3 is 4.74 Å². The first-order chi connectivity index (χ1) is 9.47. The lowest BCUT2D eigenvalue weighted by Crippen LogP contribution is -2.10. The predicted octanol–water partition coefficient (Wildman–Crippen LogP) is 5.10. The molecule has 2 nitrogen and oxygen atoms in total. The number of ether oxygens (including phenoxy) is 1. The third-order valence-electron chi connectivity index (χ3n) is 3.07. The number of carbonyl (C=O) groups excluding carboxylic acids is 1. The van der Waals surface area contributed by atoms with E-state index in [0.717, 1.165) is 15.6 Å². The molecule has 0 aliphatic heterocycles. The zero-order valence-electron chi connectivity index (χ0n) is 11.8. The smallest absolute Gasteiger partial charge is 0.343 e. The van der Waals surface area contributed by atoms with Gasteiger partial charge in [-0.05, 0) is 54.3 Å². The topological polar surface area (TPSA) is 26.3 Å². The normalized spacial score (nSPS) is 10.7. The molecule has 0 N–H and O–H groups in total. The van der Waals surface area contributed by atoms with Gasteiger partial charge in [0.15, 0.2) is 0 Å². The molecule has 2 rings (SSSR count). The maximum Gasteiger partial charge on any atom is 0.343 e. The lowest BCUT2D eigenvalue weighted by molar-refractivity contribution is 0.0733. The summed E-state index contributed by atoms with van der Waals surface area (Å²) in [6, 6.07) is 13.1. The zero-order valence-corrected chi connectivity index (χ0v) is 13.4. The van der Waals surface area contributed by atoms with Crippen LogP contribution in [0.1, 0.15) is 41.3 Å². The Labute approximate surface area is 127 Å². The summed E-state index contributed by atoms with van der Waals surface area (Å²) in [6.45, 7) is 6.16. The molecule has 20 heavy (non-hydrogen) atoms. The van der Waals surface area contributed by atoms with E-state index in [9.17, 15) is 4.79 Å². The van der Waals surface area contributed by atoms with E-state index in [1.165, 1.54) is 0 Å². The molecule has 0 amide bonds. The minimum Gasteiger partial charge on any atom is -0.423 e. The molecule has 0 aliphatic rings. The SMILES string of the molecule is Cc1ccc(C(C)C)c(OC(=O)c2ccc(Br)cc2)c1. The van der Waals surface area contributed by atoms with Gasteiger partial charge in [-0.1, -0.05) is 41.9 Å². The van der Waals surface area contributed by atoms with Crippen LogP contribution < -0.4 is 4.74 Å². The van der Waals surface area contributed by atoms with E-state index in [0.29, 0.717) is 17.2 Å². The molecule has 0 bridgehead atoms. The number of esters is 1. The van der Waals surface area contributed by atoms with Crippen molar-refractivity contribution in [2.75, 3.05) is 0 Å². The van der Waals surface area contributed by atoms with Crippen LogP contribution in [-0.4, -0.2) is 5.97 Å². The number of hydrogen-bond donors (Lipinski definition) is 0. The van der Waals surface area contributed by atoms with Gasteiger partial charge in [0.1, 0.15) is 5.75 Å². The van der Waals surface area contributed by atoms with Gasteiger partial charge in [-0.25, -0.2) is 4.79 Å².